The molecule has 0 saturated carbocycles. The zero-order valence-corrected chi connectivity index (χ0v) is 12.6. The summed E-state index contributed by atoms with van der Waals surface area (Å²) in [4.78, 5) is 12.9. The molecule has 0 bridgehead atoms. The molecule has 0 saturated heterocycles. The topological polar surface area (TPSA) is 44.1 Å². The smallest absolute Gasteiger partial charge is 0.189 e. The Morgan fingerprint density at radius 3 is 3.10 bits per heavy atom. The van der Waals surface area contributed by atoms with E-state index in [9.17, 15) is 4.79 Å². The molecule has 4 nitrogen and oxygen atoms in total. The summed E-state index contributed by atoms with van der Waals surface area (Å²) in [6, 6.07) is 8.12. The van der Waals surface area contributed by atoms with Crippen LogP contribution in [0.15, 0.2) is 30.5 Å². The minimum Gasteiger partial charge on any atom is -0.383 e. The maximum absolute atomic E-state index is 12.9. The van der Waals surface area contributed by atoms with Gasteiger partial charge in [-0.15, -0.1) is 0 Å². The molecule has 1 aromatic carbocycles. The fourth-order valence-corrected chi connectivity index (χ4v) is 3.18. The van der Waals surface area contributed by atoms with Gasteiger partial charge in [0.15, 0.2) is 5.78 Å². The van der Waals surface area contributed by atoms with E-state index in [-0.39, 0.29) is 11.7 Å². The van der Waals surface area contributed by atoms with Gasteiger partial charge < -0.3 is 4.74 Å². The summed E-state index contributed by atoms with van der Waals surface area (Å²) in [5.41, 5.74) is 2.88. The Hall–Kier alpha value is -1.65. The summed E-state index contributed by atoms with van der Waals surface area (Å²) in [6.45, 7) is 1.03. The molecule has 110 valence electrons. The van der Waals surface area contributed by atoms with E-state index in [1.807, 2.05) is 18.2 Å². The minimum atomic E-state index is -0.114. The Bertz CT molecular complexity index is 666. The highest BCUT2D eigenvalue weighted by Gasteiger charge is 2.32. The largest absolute Gasteiger partial charge is 0.383 e. The van der Waals surface area contributed by atoms with Crippen LogP contribution >= 0.6 is 11.6 Å². The molecule has 3 rings (SSSR count). The number of carbonyl (C=O) groups excluding carboxylic acids is 1. The number of Topliss-reactive ketones (excluding diaryl/α,β-unsaturated/α-hetero) is 1. The summed E-state index contributed by atoms with van der Waals surface area (Å²) in [7, 11) is 1.62. The van der Waals surface area contributed by atoms with E-state index in [0.29, 0.717) is 23.9 Å². The highest BCUT2D eigenvalue weighted by molar-refractivity contribution is 6.33. The van der Waals surface area contributed by atoms with Gasteiger partial charge in [-0.3, -0.25) is 9.48 Å². The number of halogens is 1. The number of aryl methyl sites for hydroxylation is 1. The third-order valence-electron chi connectivity index (χ3n) is 3.98. The number of ether oxygens (including phenoxy) is 1. The first kappa shape index (κ1) is 14.3. The first-order valence-corrected chi connectivity index (χ1v) is 7.42. The highest BCUT2D eigenvalue weighted by atomic mass is 35.5. The Morgan fingerprint density at radius 1 is 1.48 bits per heavy atom. The zero-order valence-electron chi connectivity index (χ0n) is 11.9. The molecule has 0 fully saturated rings. The van der Waals surface area contributed by atoms with Crippen LogP contribution in [0.25, 0.3) is 0 Å². The van der Waals surface area contributed by atoms with Crippen molar-refractivity contribution in [1.82, 2.24) is 9.78 Å². The van der Waals surface area contributed by atoms with Gasteiger partial charge in [0.1, 0.15) is 5.69 Å². The lowest BCUT2D eigenvalue weighted by Crippen LogP contribution is -2.18. The van der Waals surface area contributed by atoms with Crippen molar-refractivity contribution in [2.24, 2.45) is 0 Å². The molecule has 1 aliphatic rings. The van der Waals surface area contributed by atoms with Gasteiger partial charge in [-0.25, -0.2) is 0 Å². The molecule has 1 heterocycles. The first-order chi connectivity index (χ1) is 10.2. The Kier molecular flexibility index (Phi) is 4.08. The van der Waals surface area contributed by atoms with Gasteiger partial charge in [0, 0.05) is 13.0 Å². The van der Waals surface area contributed by atoms with E-state index in [2.05, 4.69) is 11.2 Å². The van der Waals surface area contributed by atoms with Crippen LogP contribution in [0.1, 0.15) is 34.0 Å². The fraction of sp³-hybridized carbons (Fsp3) is 0.375. The van der Waals surface area contributed by atoms with Crippen LogP contribution in [-0.2, 0) is 17.7 Å². The molecule has 2 aromatic rings. The summed E-state index contributed by atoms with van der Waals surface area (Å²) in [5.74, 6) is -0.0600. The van der Waals surface area contributed by atoms with Crippen molar-refractivity contribution in [2.45, 2.75) is 25.3 Å². The molecular weight excluding hydrogens is 288 g/mol. The number of hydrogen-bond acceptors (Lipinski definition) is 3. The number of benzene rings is 1. The molecule has 0 N–H and O–H groups in total. The van der Waals surface area contributed by atoms with Gasteiger partial charge in [0.05, 0.1) is 24.4 Å². The monoisotopic (exact) mass is 304 g/mol. The second-order valence-electron chi connectivity index (χ2n) is 5.21. The molecule has 0 radical (unpaired) electrons. The van der Waals surface area contributed by atoms with Crippen LogP contribution in [0.3, 0.4) is 0 Å². The SMILES string of the molecule is COCCn1ncc(Cl)c1C(=O)C1CCc2ccccc21. The van der Waals surface area contributed by atoms with Crippen molar-refractivity contribution in [1.29, 1.82) is 0 Å². The van der Waals surface area contributed by atoms with Crippen LogP contribution in [0.5, 0.6) is 0 Å². The summed E-state index contributed by atoms with van der Waals surface area (Å²) in [5, 5.41) is 4.60. The number of methoxy groups -OCH3 is 1. The van der Waals surface area contributed by atoms with Crippen molar-refractivity contribution in [3.63, 3.8) is 0 Å². The summed E-state index contributed by atoms with van der Waals surface area (Å²) < 4.78 is 6.70. The number of hydrogen-bond donors (Lipinski definition) is 0. The van der Waals surface area contributed by atoms with E-state index >= 15 is 0 Å². The van der Waals surface area contributed by atoms with Crippen molar-refractivity contribution >= 4 is 17.4 Å². The van der Waals surface area contributed by atoms with Crippen LogP contribution in [-0.4, -0.2) is 29.3 Å². The van der Waals surface area contributed by atoms with Crippen LogP contribution in [0, 0.1) is 0 Å². The molecule has 0 amide bonds. The van der Waals surface area contributed by atoms with E-state index in [0.717, 1.165) is 18.4 Å². The average Bonchev–Trinajstić information content (AvgIpc) is 3.08. The molecule has 1 aliphatic carbocycles. The normalized spacial score (nSPS) is 17.0. The number of carbonyl (C=O) groups is 1. The van der Waals surface area contributed by atoms with Crippen molar-refractivity contribution in [3.8, 4) is 0 Å². The van der Waals surface area contributed by atoms with Gasteiger partial charge in [0.2, 0.25) is 0 Å². The quantitative estimate of drug-likeness (QED) is 0.797. The van der Waals surface area contributed by atoms with E-state index < -0.39 is 0 Å². The Labute approximate surface area is 128 Å². The molecule has 0 spiro atoms. The van der Waals surface area contributed by atoms with Gasteiger partial charge in [0.25, 0.3) is 0 Å². The molecule has 0 aliphatic heterocycles. The van der Waals surface area contributed by atoms with Crippen molar-refractivity contribution < 1.29 is 9.53 Å². The molecule has 21 heavy (non-hydrogen) atoms. The number of fused-ring (bicyclic) bond motifs is 1. The fourth-order valence-electron chi connectivity index (χ4n) is 2.95. The zero-order chi connectivity index (χ0) is 14.8. The Balaban J connectivity index is 1.91. The maximum Gasteiger partial charge on any atom is 0.189 e. The summed E-state index contributed by atoms with van der Waals surface area (Å²) in [6.07, 6.45) is 3.31. The van der Waals surface area contributed by atoms with Crippen molar-refractivity contribution in [3.05, 3.63) is 52.3 Å². The second-order valence-corrected chi connectivity index (χ2v) is 5.62. The predicted molar refractivity (Wildman–Crippen MR) is 80.9 cm³/mol. The van der Waals surface area contributed by atoms with E-state index in [1.54, 1.807) is 11.8 Å². The lowest BCUT2D eigenvalue weighted by atomic mass is 9.95. The molecule has 1 unspecified atom stereocenters. The van der Waals surface area contributed by atoms with Gasteiger partial charge in [-0.2, -0.15) is 5.10 Å². The Morgan fingerprint density at radius 2 is 2.29 bits per heavy atom. The lowest BCUT2D eigenvalue weighted by molar-refractivity contribution is 0.0945. The van der Waals surface area contributed by atoms with Crippen LogP contribution < -0.4 is 0 Å². The number of aromatic nitrogens is 2. The van der Waals surface area contributed by atoms with Crippen LogP contribution in [0.4, 0.5) is 0 Å². The van der Waals surface area contributed by atoms with Gasteiger partial charge >= 0.3 is 0 Å². The molecular formula is C16H17ClN2O2. The minimum absolute atomic E-state index is 0.0542. The predicted octanol–water partition coefficient (Wildman–Crippen LogP) is 3.10. The van der Waals surface area contributed by atoms with Gasteiger partial charge in [-0.1, -0.05) is 35.9 Å². The first-order valence-electron chi connectivity index (χ1n) is 7.04. The highest BCUT2D eigenvalue weighted by Crippen LogP contribution is 2.36. The number of rotatable bonds is 5. The summed E-state index contributed by atoms with van der Waals surface area (Å²) >= 11 is 6.18. The number of ketones is 1. The maximum atomic E-state index is 12.9. The molecule has 1 atom stereocenters. The third kappa shape index (κ3) is 2.61. The third-order valence-corrected chi connectivity index (χ3v) is 4.26. The molecule has 1 aromatic heterocycles. The van der Waals surface area contributed by atoms with E-state index in [4.69, 9.17) is 16.3 Å². The average molecular weight is 305 g/mol. The van der Waals surface area contributed by atoms with Gasteiger partial charge in [-0.05, 0) is 24.0 Å². The van der Waals surface area contributed by atoms with E-state index in [1.165, 1.54) is 11.8 Å². The number of nitrogens with zero attached hydrogens (tertiary/aromatic N) is 2. The molecule has 5 heteroatoms. The van der Waals surface area contributed by atoms with Crippen molar-refractivity contribution in [2.75, 3.05) is 13.7 Å². The van der Waals surface area contributed by atoms with Crippen LogP contribution in [0.2, 0.25) is 5.02 Å². The second kappa shape index (κ2) is 6.00. The standard InChI is InChI=1S/C16H17ClN2O2/c1-21-9-8-19-15(14(17)10-18-19)16(20)13-7-6-11-4-2-3-5-12(11)13/h2-5,10,13H,6-9H2,1H3. The lowest BCUT2D eigenvalue weighted by Gasteiger charge is -2.12.